The van der Waals surface area contributed by atoms with Gasteiger partial charge in [-0.3, -0.25) is 4.79 Å². The lowest BCUT2D eigenvalue weighted by molar-refractivity contribution is 0.0510. The fourth-order valence-corrected chi connectivity index (χ4v) is 1.94. The van der Waals surface area contributed by atoms with Gasteiger partial charge in [-0.1, -0.05) is 24.3 Å². The summed E-state index contributed by atoms with van der Waals surface area (Å²) in [6.45, 7) is 0.124. The number of hydrogen-bond donors (Lipinski definition) is 1. The van der Waals surface area contributed by atoms with Gasteiger partial charge in [0.2, 0.25) is 0 Å². The smallest absolute Gasteiger partial charge is 0.188 e. The zero-order valence-electron chi connectivity index (χ0n) is 13.0. The number of carbonyl (C=O) groups is 1. The van der Waals surface area contributed by atoms with Crippen LogP contribution in [0.3, 0.4) is 0 Å². The van der Waals surface area contributed by atoms with Crippen LogP contribution >= 0.6 is 0 Å². The number of ketones is 1. The number of allylic oxidation sites excluding steroid dienone is 1. The molecule has 0 fully saturated rings. The average Bonchev–Trinajstić information content (AvgIpc) is 2.58. The van der Waals surface area contributed by atoms with E-state index in [2.05, 4.69) is 0 Å². The molecule has 2 aromatic rings. The van der Waals surface area contributed by atoms with Crippen molar-refractivity contribution in [1.29, 1.82) is 0 Å². The minimum Gasteiger partial charge on any atom is -0.504 e. The van der Waals surface area contributed by atoms with E-state index in [4.69, 9.17) is 14.2 Å². The number of benzene rings is 2. The first-order valence-corrected chi connectivity index (χ1v) is 6.95. The quantitative estimate of drug-likeness (QED) is 0.483. The van der Waals surface area contributed by atoms with Crippen molar-refractivity contribution in [3.8, 4) is 17.2 Å². The summed E-state index contributed by atoms with van der Waals surface area (Å²) in [5.74, 6) is 0.810. The predicted octanol–water partition coefficient (Wildman–Crippen LogP) is 3.28. The maximum Gasteiger partial charge on any atom is 0.188 e. The molecule has 0 bridgehead atoms. The summed E-state index contributed by atoms with van der Waals surface area (Å²) in [5.41, 5.74) is 1.20. The summed E-state index contributed by atoms with van der Waals surface area (Å²) in [6.07, 6.45) is 3.07. The highest BCUT2D eigenvalue weighted by atomic mass is 16.7. The third-order valence-electron chi connectivity index (χ3n) is 3.09. The average molecular weight is 314 g/mol. The number of phenolic OH excluding ortho intramolecular Hbond substituents is 1. The van der Waals surface area contributed by atoms with E-state index in [1.165, 1.54) is 26.4 Å². The first kappa shape index (κ1) is 16.6. The summed E-state index contributed by atoms with van der Waals surface area (Å²) >= 11 is 0. The lowest BCUT2D eigenvalue weighted by atomic mass is 10.1. The van der Waals surface area contributed by atoms with Gasteiger partial charge in [0.05, 0.1) is 7.11 Å². The standard InChI is InChI=1S/C18H18O5/c1-21-12-23-15-5-3-4-14(11-15)16(19)8-6-13-7-9-18(22-2)17(20)10-13/h3-11,20H,12H2,1-2H3/b8-6+. The number of hydrogen-bond acceptors (Lipinski definition) is 5. The van der Waals surface area contributed by atoms with Gasteiger partial charge in [-0.15, -0.1) is 0 Å². The number of phenols is 1. The van der Waals surface area contributed by atoms with E-state index in [-0.39, 0.29) is 18.3 Å². The largest absolute Gasteiger partial charge is 0.504 e. The molecule has 0 saturated heterocycles. The van der Waals surface area contributed by atoms with Gasteiger partial charge < -0.3 is 19.3 Å². The van der Waals surface area contributed by atoms with E-state index in [0.717, 1.165) is 0 Å². The molecule has 0 heterocycles. The second-order valence-corrected chi connectivity index (χ2v) is 4.71. The number of aromatic hydroxyl groups is 1. The zero-order valence-corrected chi connectivity index (χ0v) is 13.0. The molecule has 2 rings (SSSR count). The van der Waals surface area contributed by atoms with Crippen LogP contribution in [0.4, 0.5) is 0 Å². The van der Waals surface area contributed by atoms with Crippen molar-refractivity contribution < 1.29 is 24.1 Å². The third-order valence-corrected chi connectivity index (χ3v) is 3.09. The minimum absolute atomic E-state index is 0.0251. The molecule has 1 N–H and O–H groups in total. The molecule has 0 atom stereocenters. The molecular formula is C18H18O5. The molecule has 120 valence electrons. The molecule has 0 aliphatic heterocycles. The number of rotatable bonds is 7. The van der Waals surface area contributed by atoms with Crippen molar-refractivity contribution in [3.05, 3.63) is 59.7 Å². The van der Waals surface area contributed by atoms with E-state index in [1.54, 1.807) is 42.5 Å². The van der Waals surface area contributed by atoms with Crippen molar-refractivity contribution in [2.24, 2.45) is 0 Å². The predicted molar refractivity (Wildman–Crippen MR) is 87.0 cm³/mol. The van der Waals surface area contributed by atoms with Crippen LogP contribution in [0.25, 0.3) is 6.08 Å². The van der Waals surface area contributed by atoms with Gasteiger partial charge in [-0.05, 0) is 35.9 Å². The number of methoxy groups -OCH3 is 2. The van der Waals surface area contributed by atoms with E-state index >= 15 is 0 Å². The molecule has 23 heavy (non-hydrogen) atoms. The van der Waals surface area contributed by atoms with Crippen molar-refractivity contribution >= 4 is 11.9 Å². The first-order valence-electron chi connectivity index (χ1n) is 6.95. The van der Waals surface area contributed by atoms with Crippen LogP contribution in [-0.4, -0.2) is 31.9 Å². The SMILES string of the molecule is COCOc1cccc(C(=O)/C=C/c2ccc(OC)c(O)c2)c1. The molecular weight excluding hydrogens is 296 g/mol. The summed E-state index contributed by atoms with van der Waals surface area (Å²) in [6, 6.07) is 11.8. The molecule has 0 amide bonds. The molecule has 0 radical (unpaired) electrons. The molecule has 2 aromatic carbocycles. The Labute approximate surface area is 134 Å². The molecule has 0 aliphatic rings. The highest BCUT2D eigenvalue weighted by molar-refractivity contribution is 6.07. The molecule has 5 nitrogen and oxygen atoms in total. The highest BCUT2D eigenvalue weighted by Crippen LogP contribution is 2.26. The Morgan fingerprint density at radius 2 is 2.00 bits per heavy atom. The lowest BCUT2D eigenvalue weighted by Gasteiger charge is -2.05. The normalized spacial score (nSPS) is 10.7. The zero-order chi connectivity index (χ0) is 16.7. The fourth-order valence-electron chi connectivity index (χ4n) is 1.94. The second kappa shape index (κ2) is 8.00. The minimum atomic E-state index is -0.164. The Hall–Kier alpha value is -2.79. The van der Waals surface area contributed by atoms with Gasteiger partial charge in [-0.2, -0.15) is 0 Å². The fraction of sp³-hybridized carbons (Fsp3) is 0.167. The molecule has 5 heteroatoms. The van der Waals surface area contributed by atoms with Gasteiger partial charge in [0.25, 0.3) is 0 Å². The Balaban J connectivity index is 2.10. The number of ether oxygens (including phenoxy) is 3. The maximum absolute atomic E-state index is 12.2. The Morgan fingerprint density at radius 1 is 1.17 bits per heavy atom. The summed E-state index contributed by atoms with van der Waals surface area (Å²) < 4.78 is 15.1. The van der Waals surface area contributed by atoms with Crippen LogP contribution in [-0.2, 0) is 4.74 Å². The maximum atomic E-state index is 12.2. The highest BCUT2D eigenvalue weighted by Gasteiger charge is 2.05. The molecule has 0 saturated carbocycles. The number of carbonyl (C=O) groups excluding carboxylic acids is 1. The van der Waals surface area contributed by atoms with Gasteiger partial charge in [-0.25, -0.2) is 0 Å². The van der Waals surface area contributed by atoms with Crippen molar-refractivity contribution in [3.63, 3.8) is 0 Å². The first-order chi connectivity index (χ1) is 11.1. The van der Waals surface area contributed by atoms with E-state index < -0.39 is 0 Å². The van der Waals surface area contributed by atoms with Crippen LogP contribution in [0, 0.1) is 0 Å². The van der Waals surface area contributed by atoms with Crippen LogP contribution in [0.2, 0.25) is 0 Å². The Morgan fingerprint density at radius 3 is 2.70 bits per heavy atom. The van der Waals surface area contributed by atoms with Crippen LogP contribution < -0.4 is 9.47 Å². The van der Waals surface area contributed by atoms with E-state index in [0.29, 0.717) is 22.6 Å². The second-order valence-electron chi connectivity index (χ2n) is 4.71. The summed E-state index contributed by atoms with van der Waals surface area (Å²) in [4.78, 5) is 12.2. The summed E-state index contributed by atoms with van der Waals surface area (Å²) in [5, 5.41) is 9.72. The molecule has 0 aromatic heterocycles. The van der Waals surface area contributed by atoms with Crippen molar-refractivity contribution in [2.75, 3.05) is 21.0 Å². The van der Waals surface area contributed by atoms with Gasteiger partial charge >= 0.3 is 0 Å². The Kier molecular flexibility index (Phi) is 5.77. The van der Waals surface area contributed by atoms with Crippen molar-refractivity contribution in [2.45, 2.75) is 0 Å². The van der Waals surface area contributed by atoms with Crippen molar-refractivity contribution in [1.82, 2.24) is 0 Å². The topological polar surface area (TPSA) is 65.0 Å². The van der Waals surface area contributed by atoms with E-state index in [1.807, 2.05) is 0 Å². The van der Waals surface area contributed by atoms with Crippen LogP contribution in [0.15, 0.2) is 48.5 Å². The molecule has 0 aliphatic carbocycles. The van der Waals surface area contributed by atoms with Gasteiger partial charge in [0, 0.05) is 12.7 Å². The van der Waals surface area contributed by atoms with Gasteiger partial charge in [0.1, 0.15) is 5.75 Å². The van der Waals surface area contributed by atoms with Crippen LogP contribution in [0.5, 0.6) is 17.2 Å². The lowest BCUT2D eigenvalue weighted by Crippen LogP contribution is -2.00. The molecule has 0 unspecified atom stereocenters. The van der Waals surface area contributed by atoms with E-state index in [9.17, 15) is 9.90 Å². The third kappa shape index (κ3) is 4.59. The monoisotopic (exact) mass is 314 g/mol. The Bertz CT molecular complexity index is 706. The van der Waals surface area contributed by atoms with Crippen LogP contribution in [0.1, 0.15) is 15.9 Å². The summed E-state index contributed by atoms with van der Waals surface area (Å²) in [7, 11) is 3.01. The van der Waals surface area contributed by atoms with Gasteiger partial charge in [0.15, 0.2) is 24.1 Å². The molecule has 0 spiro atoms.